The molecule has 1 saturated carbocycles. The molecule has 2 heterocycles. The molecule has 0 saturated heterocycles. The van der Waals surface area contributed by atoms with Crippen LogP contribution < -0.4 is 5.32 Å². The fraction of sp³-hybridized carbons (Fsp3) is 0.387. The van der Waals surface area contributed by atoms with Crippen molar-refractivity contribution < 1.29 is 50.2 Å². The third-order valence-corrected chi connectivity index (χ3v) is 7.55. The molecule has 10 nitrogen and oxygen atoms in total. The van der Waals surface area contributed by atoms with Crippen LogP contribution in [-0.4, -0.2) is 49.9 Å². The smallest absolute Gasteiger partial charge is 0.426 e. The van der Waals surface area contributed by atoms with E-state index in [9.17, 15) is 41.0 Å². The van der Waals surface area contributed by atoms with Gasteiger partial charge in [0.25, 0.3) is 11.8 Å². The van der Waals surface area contributed by atoms with Crippen LogP contribution in [0.3, 0.4) is 0 Å². The molecule has 1 unspecified atom stereocenters. The summed E-state index contributed by atoms with van der Waals surface area (Å²) in [4.78, 5) is 29.9. The average molecular weight is 668 g/mol. The Kier molecular flexibility index (Phi) is 10.7. The maximum absolute atomic E-state index is 14.7. The normalized spacial score (nSPS) is 14.9. The van der Waals surface area contributed by atoms with Crippen molar-refractivity contribution in [2.45, 2.75) is 63.2 Å². The number of halogens is 6. The minimum Gasteiger partial charge on any atom is -0.465 e. The molecule has 2 amide bonds. The van der Waals surface area contributed by atoms with Crippen LogP contribution in [0, 0.1) is 5.92 Å². The average Bonchev–Trinajstić information content (AvgIpc) is 3.46. The number of alkyl halides is 6. The molecule has 16 heteroatoms. The lowest BCUT2D eigenvalue weighted by Crippen LogP contribution is -2.45. The molecule has 3 aromatic rings. The Morgan fingerprint density at radius 2 is 1.79 bits per heavy atom. The summed E-state index contributed by atoms with van der Waals surface area (Å²) in [6, 6.07) is 8.32. The highest BCUT2D eigenvalue weighted by Crippen LogP contribution is 2.46. The van der Waals surface area contributed by atoms with E-state index in [-0.39, 0.29) is 18.9 Å². The van der Waals surface area contributed by atoms with Gasteiger partial charge in [0.05, 0.1) is 30.1 Å². The highest BCUT2D eigenvalue weighted by atomic mass is 19.4. The monoisotopic (exact) mass is 667 g/mol. The number of hydrogen-bond acceptors (Lipinski definition) is 7. The van der Waals surface area contributed by atoms with Crippen LogP contribution in [0.5, 0.6) is 0 Å². The number of rotatable bonds is 14. The Bertz CT molecular complexity index is 1590. The van der Waals surface area contributed by atoms with Gasteiger partial charge in [0, 0.05) is 18.9 Å². The summed E-state index contributed by atoms with van der Waals surface area (Å²) in [5, 5.41) is 18.3. The van der Waals surface area contributed by atoms with Gasteiger partial charge in [-0.3, -0.25) is 10.1 Å². The topological polar surface area (TPSA) is 131 Å². The van der Waals surface area contributed by atoms with Gasteiger partial charge in [-0.25, -0.2) is 9.78 Å². The van der Waals surface area contributed by atoms with Gasteiger partial charge in [0.15, 0.2) is 5.69 Å². The molecule has 1 atom stereocenters. The van der Waals surface area contributed by atoms with Crippen molar-refractivity contribution in [1.29, 1.82) is 0 Å². The first-order chi connectivity index (χ1) is 22.2. The van der Waals surface area contributed by atoms with E-state index in [4.69, 9.17) is 9.15 Å². The third kappa shape index (κ3) is 7.99. The molecule has 252 valence electrons. The van der Waals surface area contributed by atoms with Gasteiger partial charge in [-0.15, -0.1) is 23.4 Å². The van der Waals surface area contributed by atoms with E-state index in [0.29, 0.717) is 24.5 Å². The van der Waals surface area contributed by atoms with Gasteiger partial charge in [-0.2, -0.15) is 26.3 Å². The second-order valence-electron chi connectivity index (χ2n) is 10.8. The zero-order chi connectivity index (χ0) is 34.4. The molecule has 1 aliphatic rings. The summed E-state index contributed by atoms with van der Waals surface area (Å²) < 4.78 is 97.8. The number of aromatic nitrogens is 3. The van der Waals surface area contributed by atoms with Crippen LogP contribution in [0.4, 0.5) is 36.8 Å². The standard InChI is InChI=1S/C31H31F6N5O5/c1-3-5-15-42(26(43)20-12-9-13-20)17-23-21(30(32,33)34)16-22(39-28(44)45)24(38-23)25-40-41-27(47-25)29(14-4-2,31(35,36)37)46-18-19-10-7-6-8-11-19/h3-4,6-8,10-11,16,20,39H,1-2,5,9,12-15,17-18H2,(H,44,45). The molecule has 1 aliphatic carbocycles. The molecule has 0 spiro atoms. The van der Waals surface area contributed by atoms with E-state index in [1.54, 1.807) is 23.5 Å². The van der Waals surface area contributed by atoms with Crippen LogP contribution in [0.25, 0.3) is 11.6 Å². The first kappa shape index (κ1) is 35.1. The number of hydrogen-bond donors (Lipinski definition) is 2. The van der Waals surface area contributed by atoms with Crippen molar-refractivity contribution in [3.63, 3.8) is 0 Å². The summed E-state index contributed by atoms with van der Waals surface area (Å²) in [6.07, 6.45) is -8.33. The number of amides is 2. The lowest BCUT2D eigenvalue weighted by molar-refractivity contribution is -0.295. The largest absolute Gasteiger partial charge is 0.465 e. The zero-order valence-electron chi connectivity index (χ0n) is 24.9. The molecular weight excluding hydrogens is 636 g/mol. The Morgan fingerprint density at radius 1 is 1.09 bits per heavy atom. The summed E-state index contributed by atoms with van der Waals surface area (Å²) in [5.41, 5.74) is -6.43. The molecule has 0 radical (unpaired) electrons. The van der Waals surface area contributed by atoms with Crippen LogP contribution in [0.15, 0.2) is 66.1 Å². The van der Waals surface area contributed by atoms with Crippen LogP contribution >= 0.6 is 0 Å². The van der Waals surface area contributed by atoms with E-state index in [1.807, 2.05) is 0 Å². The number of ether oxygens (including phenoxy) is 1. The Balaban J connectivity index is 1.84. The summed E-state index contributed by atoms with van der Waals surface area (Å²) in [5.74, 6) is -2.72. The predicted molar refractivity (Wildman–Crippen MR) is 156 cm³/mol. The first-order valence-corrected chi connectivity index (χ1v) is 14.4. The first-order valence-electron chi connectivity index (χ1n) is 14.4. The predicted octanol–water partition coefficient (Wildman–Crippen LogP) is 7.50. The van der Waals surface area contributed by atoms with E-state index in [1.165, 1.54) is 23.1 Å². The second kappa shape index (κ2) is 14.4. The number of nitrogens with one attached hydrogen (secondary N) is 1. The van der Waals surface area contributed by atoms with Crippen LogP contribution in [-0.2, 0) is 34.5 Å². The van der Waals surface area contributed by atoms with E-state index < -0.39 is 83.9 Å². The Hall–Kier alpha value is -4.73. The van der Waals surface area contributed by atoms with Crippen LogP contribution in [0.2, 0.25) is 0 Å². The zero-order valence-corrected chi connectivity index (χ0v) is 24.9. The molecule has 0 bridgehead atoms. The van der Waals surface area contributed by atoms with Gasteiger partial charge in [0.2, 0.25) is 11.5 Å². The molecule has 1 aromatic carbocycles. The molecule has 47 heavy (non-hydrogen) atoms. The van der Waals surface area contributed by atoms with Gasteiger partial charge in [0.1, 0.15) is 0 Å². The Labute approximate surface area is 265 Å². The van der Waals surface area contributed by atoms with Crippen LogP contribution in [0.1, 0.15) is 54.8 Å². The lowest BCUT2D eigenvalue weighted by Gasteiger charge is -2.32. The van der Waals surface area contributed by atoms with Gasteiger partial charge >= 0.3 is 18.4 Å². The number of carbonyl (C=O) groups is 2. The molecule has 2 aromatic heterocycles. The number of carbonyl (C=O) groups excluding carboxylic acids is 1. The fourth-order valence-corrected chi connectivity index (χ4v) is 4.89. The lowest BCUT2D eigenvalue weighted by atomic mass is 9.84. The number of nitrogens with zero attached hydrogens (tertiary/aromatic N) is 4. The number of pyridine rings is 1. The summed E-state index contributed by atoms with van der Waals surface area (Å²) in [7, 11) is 0. The fourth-order valence-electron chi connectivity index (χ4n) is 4.89. The number of carboxylic acid groups (broad SMARTS) is 1. The maximum atomic E-state index is 14.7. The molecule has 1 fully saturated rings. The summed E-state index contributed by atoms with van der Waals surface area (Å²) in [6.45, 7) is 5.79. The molecule has 2 N–H and O–H groups in total. The van der Waals surface area contributed by atoms with Crippen molar-refractivity contribution in [3.05, 3.63) is 84.4 Å². The molecular formula is C31H31F6N5O5. The number of anilines is 1. The van der Waals surface area contributed by atoms with Gasteiger partial charge in [-0.1, -0.05) is 48.9 Å². The third-order valence-electron chi connectivity index (χ3n) is 7.55. The van der Waals surface area contributed by atoms with Crippen molar-refractivity contribution in [2.75, 3.05) is 11.9 Å². The van der Waals surface area contributed by atoms with E-state index >= 15 is 0 Å². The van der Waals surface area contributed by atoms with Crippen molar-refractivity contribution >= 4 is 17.7 Å². The highest BCUT2D eigenvalue weighted by Gasteiger charge is 2.61. The van der Waals surface area contributed by atoms with Gasteiger partial charge in [-0.05, 0) is 30.9 Å². The van der Waals surface area contributed by atoms with Crippen molar-refractivity contribution in [1.82, 2.24) is 20.1 Å². The SMILES string of the molecule is C=CCCN(Cc1nc(-c2nnc(C(CC=C)(OCc3ccccc3)C(F)(F)F)o2)c(NC(=O)O)cc1C(F)(F)F)C(=O)C1CCC1. The quantitative estimate of drug-likeness (QED) is 0.134. The van der Waals surface area contributed by atoms with E-state index in [0.717, 1.165) is 12.5 Å². The highest BCUT2D eigenvalue weighted by molar-refractivity contribution is 5.88. The number of benzene rings is 1. The second-order valence-corrected chi connectivity index (χ2v) is 10.8. The van der Waals surface area contributed by atoms with Gasteiger partial charge < -0.3 is 19.2 Å². The van der Waals surface area contributed by atoms with Crippen molar-refractivity contribution in [2.24, 2.45) is 5.92 Å². The summed E-state index contributed by atoms with van der Waals surface area (Å²) >= 11 is 0. The Morgan fingerprint density at radius 3 is 2.34 bits per heavy atom. The maximum Gasteiger partial charge on any atom is 0.426 e. The molecule has 4 rings (SSSR count). The minimum absolute atomic E-state index is 0.0153. The van der Waals surface area contributed by atoms with E-state index in [2.05, 4.69) is 28.3 Å². The van der Waals surface area contributed by atoms with Crippen molar-refractivity contribution in [3.8, 4) is 11.6 Å². The molecule has 0 aliphatic heterocycles. The minimum atomic E-state index is -5.16.